The van der Waals surface area contributed by atoms with E-state index < -0.39 is 217 Å². The van der Waals surface area contributed by atoms with Crippen LogP contribution >= 0.6 is 0 Å². The summed E-state index contributed by atoms with van der Waals surface area (Å²) in [4.78, 5) is 0. The van der Waals surface area contributed by atoms with Gasteiger partial charge in [-0.3, -0.25) is 0 Å². The highest BCUT2D eigenvalue weighted by Gasteiger charge is 2.56. The van der Waals surface area contributed by atoms with Crippen LogP contribution in [0.2, 0.25) is 0 Å². The summed E-state index contributed by atoms with van der Waals surface area (Å²) in [6, 6.07) is 0. The van der Waals surface area contributed by atoms with Gasteiger partial charge in [-0.05, 0) is 0 Å². The van der Waals surface area contributed by atoms with Gasteiger partial charge < -0.3 is 153 Å². The summed E-state index contributed by atoms with van der Waals surface area (Å²) in [7, 11) is 2.44. The van der Waals surface area contributed by atoms with Gasteiger partial charge in [0.2, 0.25) is 0 Å². The van der Waals surface area contributed by atoms with E-state index in [0.29, 0.717) is 0 Å². The molecule has 18 N–H and O–H groups in total. The smallest absolute Gasteiger partial charge is 0.187 e. The number of methoxy groups -OCH3 is 2. The minimum absolute atomic E-state index is 0.253. The zero-order valence-corrected chi connectivity index (χ0v) is 36.9. The maximum atomic E-state index is 11.2. The average molecular weight is 1020 g/mol. The van der Waals surface area contributed by atoms with Gasteiger partial charge in [0, 0.05) is 14.2 Å². The Hall–Kier alpha value is -1.24. The van der Waals surface area contributed by atoms with Gasteiger partial charge >= 0.3 is 0 Å². The molecule has 30 atom stereocenters. The standard InChI is InChI=1S/C38H66O31/c1-57-7-13-15(43)17(45)23(51)35(64-13)66-31-11(5-41)63-38(28(56)21(31)49)69-30-10(4-40)61-34(26(54)20(30)48)59-8-14-16(44)18(46)24(52)36(65-14)67-32-12(6-42)62-37(27(55)22(32)50)68-29-9(3-39)60-33(58-2)25(53)19(29)47/h9-56H,3-8H2,1-2H3/t9?,10?,11?,12?,13?,14?,15-,16-,17+,18+,19-,20-,21-,22-,23?,24?,25?,26?,27?,28?,29-,30-,31-,32-,33-,34+,35-,36-,37-,38-/m1/s1. The second-order valence-corrected chi connectivity index (χ2v) is 17.3. The highest BCUT2D eigenvalue weighted by molar-refractivity contribution is 4.99. The second-order valence-electron chi connectivity index (χ2n) is 17.3. The molecular formula is C38H66O31. The Labute approximate surface area is 391 Å². The van der Waals surface area contributed by atoms with Crippen LogP contribution in [0.25, 0.3) is 0 Å². The van der Waals surface area contributed by atoms with Crippen molar-refractivity contribution in [1.82, 2.24) is 0 Å². The summed E-state index contributed by atoms with van der Waals surface area (Å²) < 4.78 is 71.3. The molecule has 404 valence electrons. The van der Waals surface area contributed by atoms with Crippen molar-refractivity contribution in [3.8, 4) is 0 Å². The molecule has 6 fully saturated rings. The normalized spacial score (nSPS) is 52.2. The molecule has 69 heavy (non-hydrogen) atoms. The first kappa shape index (κ1) is 57.0. The van der Waals surface area contributed by atoms with Crippen LogP contribution in [0.4, 0.5) is 0 Å². The van der Waals surface area contributed by atoms with Crippen molar-refractivity contribution in [2.45, 2.75) is 184 Å². The van der Waals surface area contributed by atoms with Gasteiger partial charge in [-0.2, -0.15) is 0 Å². The highest BCUT2D eigenvalue weighted by atomic mass is 16.8. The number of aliphatic hydroxyl groups is 18. The Morgan fingerprint density at radius 1 is 0.290 bits per heavy atom. The topological polar surface area (TPSA) is 484 Å². The minimum Gasteiger partial charge on any atom is -0.394 e. The van der Waals surface area contributed by atoms with Crippen molar-refractivity contribution in [2.75, 3.05) is 53.9 Å². The van der Waals surface area contributed by atoms with Crippen LogP contribution in [-0.2, 0) is 61.6 Å². The third-order valence-corrected chi connectivity index (χ3v) is 12.8. The van der Waals surface area contributed by atoms with Crippen molar-refractivity contribution in [3.63, 3.8) is 0 Å². The van der Waals surface area contributed by atoms with E-state index in [1.165, 1.54) is 14.2 Å². The van der Waals surface area contributed by atoms with Crippen molar-refractivity contribution < 1.29 is 153 Å². The van der Waals surface area contributed by atoms with Gasteiger partial charge in [-0.1, -0.05) is 0 Å². The van der Waals surface area contributed by atoms with Gasteiger partial charge in [0.1, 0.15) is 146 Å². The van der Waals surface area contributed by atoms with E-state index >= 15 is 0 Å². The summed E-state index contributed by atoms with van der Waals surface area (Å²) in [5, 5.41) is 191. The molecule has 0 aromatic carbocycles. The molecular weight excluding hydrogens is 952 g/mol. The SMILES string of the molecule is COCC1O[C@H](O[C@@H]2C(CO)O[C@H](O[C@@H]3C(CO)O[C@H](OCC4O[C@H](O[C@@H]5C(CO)O[C@H](O[C@@H]6C(CO)O[C@@H](OC)C(O)[C@H]6O)C(O)[C@H]5O)C(O)[C@@H](O)[C@@H]4O)C(O)[C@H]3O)C(O)[C@H]2O)C(O)[C@@H](O)[C@@H]1O. The fourth-order valence-corrected chi connectivity index (χ4v) is 8.75. The average Bonchev–Trinajstić information content (AvgIpc) is 3.34. The Bertz CT molecular complexity index is 1540. The molecule has 0 bridgehead atoms. The molecule has 6 heterocycles. The van der Waals surface area contributed by atoms with Gasteiger partial charge in [0.05, 0.1) is 39.6 Å². The maximum absolute atomic E-state index is 11.2. The van der Waals surface area contributed by atoms with Crippen LogP contribution in [0, 0.1) is 0 Å². The lowest BCUT2D eigenvalue weighted by Gasteiger charge is -2.48. The highest BCUT2D eigenvalue weighted by Crippen LogP contribution is 2.35. The first-order valence-corrected chi connectivity index (χ1v) is 21.9. The first-order chi connectivity index (χ1) is 32.8. The lowest BCUT2D eigenvalue weighted by Crippen LogP contribution is -2.67. The summed E-state index contributed by atoms with van der Waals surface area (Å²) in [5.41, 5.74) is 0. The predicted octanol–water partition coefficient (Wildman–Crippen LogP) is -12.8. The van der Waals surface area contributed by atoms with Crippen LogP contribution in [-0.4, -0.2) is 330 Å². The molecule has 0 radical (unpaired) electrons. The molecule has 31 nitrogen and oxygen atoms in total. The van der Waals surface area contributed by atoms with Gasteiger partial charge in [0.25, 0.3) is 0 Å². The molecule has 31 heteroatoms. The monoisotopic (exact) mass is 1020 g/mol. The zero-order chi connectivity index (χ0) is 50.8. The Morgan fingerprint density at radius 2 is 0.551 bits per heavy atom. The minimum atomic E-state index is -2.08. The Balaban J connectivity index is 1.05. The lowest BCUT2D eigenvalue weighted by atomic mass is 9.96. The largest absolute Gasteiger partial charge is 0.394 e. The number of rotatable bonds is 18. The van der Waals surface area contributed by atoms with Gasteiger partial charge in [-0.15, -0.1) is 0 Å². The van der Waals surface area contributed by atoms with Crippen molar-refractivity contribution >= 4 is 0 Å². The molecule has 12 unspecified atom stereocenters. The fourth-order valence-electron chi connectivity index (χ4n) is 8.75. The summed E-state index contributed by atoms with van der Waals surface area (Å²) in [6.07, 6.45) is -53.8. The molecule has 0 aromatic rings. The third kappa shape index (κ3) is 12.0. The lowest BCUT2D eigenvalue weighted by molar-refractivity contribution is -0.385. The number of hydrogen-bond acceptors (Lipinski definition) is 31. The van der Waals surface area contributed by atoms with E-state index in [4.69, 9.17) is 61.6 Å². The molecule has 0 saturated carbocycles. The molecule has 0 aliphatic carbocycles. The molecule has 0 aromatic heterocycles. The summed E-state index contributed by atoms with van der Waals surface area (Å²) in [6.45, 7) is -4.69. The number of aliphatic hydroxyl groups excluding tert-OH is 18. The van der Waals surface area contributed by atoms with Gasteiger partial charge in [0.15, 0.2) is 37.7 Å². The van der Waals surface area contributed by atoms with Gasteiger partial charge in [-0.25, -0.2) is 0 Å². The van der Waals surface area contributed by atoms with E-state index in [1.54, 1.807) is 0 Å². The zero-order valence-electron chi connectivity index (χ0n) is 36.9. The maximum Gasteiger partial charge on any atom is 0.187 e. The fraction of sp³-hybridized carbons (Fsp3) is 1.00. The van der Waals surface area contributed by atoms with Crippen LogP contribution in [0.1, 0.15) is 0 Å². The van der Waals surface area contributed by atoms with Crippen molar-refractivity contribution in [3.05, 3.63) is 0 Å². The molecule has 0 spiro atoms. The van der Waals surface area contributed by atoms with Crippen LogP contribution in [0.15, 0.2) is 0 Å². The predicted molar refractivity (Wildman–Crippen MR) is 209 cm³/mol. The first-order valence-electron chi connectivity index (χ1n) is 21.9. The second kappa shape index (κ2) is 24.9. The van der Waals surface area contributed by atoms with Crippen LogP contribution < -0.4 is 0 Å². The van der Waals surface area contributed by atoms with E-state index in [9.17, 15) is 91.9 Å². The Morgan fingerprint density at radius 3 is 0.870 bits per heavy atom. The molecule has 0 amide bonds. The molecule has 6 aliphatic rings. The summed E-state index contributed by atoms with van der Waals surface area (Å²) >= 11 is 0. The molecule has 6 saturated heterocycles. The van der Waals surface area contributed by atoms with E-state index in [1.807, 2.05) is 0 Å². The Kier molecular flexibility index (Phi) is 20.6. The summed E-state index contributed by atoms with van der Waals surface area (Å²) in [5.74, 6) is 0. The quantitative estimate of drug-likeness (QED) is 0.0606. The van der Waals surface area contributed by atoms with Crippen LogP contribution in [0.5, 0.6) is 0 Å². The van der Waals surface area contributed by atoms with E-state index in [-0.39, 0.29) is 6.61 Å². The molecule has 6 aliphatic heterocycles. The molecule has 6 rings (SSSR count). The van der Waals surface area contributed by atoms with E-state index in [2.05, 4.69) is 0 Å². The van der Waals surface area contributed by atoms with Crippen molar-refractivity contribution in [2.24, 2.45) is 0 Å². The van der Waals surface area contributed by atoms with Crippen molar-refractivity contribution in [1.29, 1.82) is 0 Å². The number of hydrogen-bond donors (Lipinski definition) is 18. The third-order valence-electron chi connectivity index (χ3n) is 12.8. The van der Waals surface area contributed by atoms with Crippen LogP contribution in [0.3, 0.4) is 0 Å². The number of ether oxygens (including phenoxy) is 13. The van der Waals surface area contributed by atoms with E-state index in [0.717, 1.165) is 0 Å².